The monoisotopic (exact) mass is 347 g/mol. The molecule has 0 saturated heterocycles. The van der Waals surface area contributed by atoms with Crippen molar-refractivity contribution in [3.63, 3.8) is 0 Å². The van der Waals surface area contributed by atoms with Crippen LogP contribution in [0.3, 0.4) is 0 Å². The number of anilines is 1. The Morgan fingerprint density at radius 3 is 2.56 bits per heavy atom. The van der Waals surface area contributed by atoms with Gasteiger partial charge in [0.25, 0.3) is 5.91 Å². The number of benzene rings is 2. The Hall–Kier alpha value is -2.86. The van der Waals surface area contributed by atoms with Crippen LogP contribution in [0.2, 0.25) is 0 Å². The number of ketones is 1. The SMILES string of the molecule is O=C(Nc1nnc(C2CC2)s1)c1ccc2c(c1)C(=O)c1ccccc1-2. The van der Waals surface area contributed by atoms with Gasteiger partial charge in [-0.1, -0.05) is 41.7 Å². The maximum atomic E-state index is 12.6. The zero-order valence-electron chi connectivity index (χ0n) is 13.2. The van der Waals surface area contributed by atoms with Crippen molar-refractivity contribution in [3.05, 3.63) is 64.2 Å². The highest BCUT2D eigenvalue weighted by Gasteiger charge is 2.29. The summed E-state index contributed by atoms with van der Waals surface area (Å²) in [6.45, 7) is 0. The second kappa shape index (κ2) is 5.32. The summed E-state index contributed by atoms with van der Waals surface area (Å²) in [5, 5.41) is 12.4. The van der Waals surface area contributed by atoms with E-state index in [1.54, 1.807) is 12.1 Å². The molecule has 1 aromatic heterocycles. The van der Waals surface area contributed by atoms with Crippen LogP contribution in [0.4, 0.5) is 5.13 Å². The van der Waals surface area contributed by atoms with Crippen molar-refractivity contribution in [1.29, 1.82) is 0 Å². The summed E-state index contributed by atoms with van der Waals surface area (Å²) in [5.41, 5.74) is 3.51. The van der Waals surface area contributed by atoms with E-state index in [-0.39, 0.29) is 11.7 Å². The topological polar surface area (TPSA) is 72.0 Å². The minimum Gasteiger partial charge on any atom is -0.296 e. The molecule has 5 nitrogen and oxygen atoms in total. The first-order chi connectivity index (χ1) is 12.2. The molecule has 3 aromatic rings. The Labute approximate surface area is 147 Å². The fraction of sp³-hybridized carbons (Fsp3) is 0.158. The molecule has 0 unspecified atom stereocenters. The van der Waals surface area contributed by atoms with Crippen molar-refractivity contribution in [1.82, 2.24) is 10.2 Å². The summed E-state index contributed by atoms with van der Waals surface area (Å²) in [5.74, 6) is 0.205. The van der Waals surface area contributed by atoms with Crippen molar-refractivity contribution in [3.8, 4) is 11.1 Å². The summed E-state index contributed by atoms with van der Waals surface area (Å²) in [7, 11) is 0. The number of rotatable bonds is 3. The molecule has 0 radical (unpaired) electrons. The number of nitrogens with zero attached hydrogens (tertiary/aromatic N) is 2. The smallest absolute Gasteiger partial charge is 0.257 e. The Kier molecular flexibility index (Phi) is 3.08. The zero-order chi connectivity index (χ0) is 17.0. The molecule has 2 aliphatic carbocycles. The van der Waals surface area contributed by atoms with Crippen LogP contribution in [-0.4, -0.2) is 21.9 Å². The average Bonchev–Trinajstić information content (AvgIpc) is 3.33. The van der Waals surface area contributed by atoms with Gasteiger partial charge in [-0.25, -0.2) is 0 Å². The first kappa shape index (κ1) is 14.5. The number of hydrogen-bond donors (Lipinski definition) is 1. The molecule has 122 valence electrons. The Morgan fingerprint density at radius 1 is 1.00 bits per heavy atom. The van der Waals surface area contributed by atoms with Gasteiger partial charge in [0.1, 0.15) is 5.01 Å². The highest BCUT2D eigenvalue weighted by Crippen LogP contribution is 2.42. The van der Waals surface area contributed by atoms with Crippen LogP contribution in [0.1, 0.15) is 50.0 Å². The quantitative estimate of drug-likeness (QED) is 0.610. The number of nitrogens with one attached hydrogen (secondary N) is 1. The minimum atomic E-state index is -0.273. The normalized spacial score (nSPS) is 15.0. The van der Waals surface area contributed by atoms with E-state index < -0.39 is 0 Å². The van der Waals surface area contributed by atoms with Crippen LogP contribution < -0.4 is 5.32 Å². The standard InChI is InChI=1S/C19H13N3O2S/c23-16-14-4-2-1-3-12(14)13-8-7-11(9-15(13)16)17(24)20-19-22-21-18(25-19)10-5-6-10/h1-4,7-10H,5-6H2,(H,20,22,24). The maximum Gasteiger partial charge on any atom is 0.257 e. The highest BCUT2D eigenvalue weighted by molar-refractivity contribution is 7.15. The van der Waals surface area contributed by atoms with Gasteiger partial charge in [0.15, 0.2) is 5.78 Å². The molecular formula is C19H13N3O2S. The third-order valence-electron chi connectivity index (χ3n) is 4.58. The van der Waals surface area contributed by atoms with Gasteiger partial charge in [0.05, 0.1) is 0 Å². The van der Waals surface area contributed by atoms with E-state index in [9.17, 15) is 9.59 Å². The molecule has 0 spiro atoms. The van der Waals surface area contributed by atoms with E-state index in [1.165, 1.54) is 11.3 Å². The Balaban J connectivity index is 1.43. The first-order valence-electron chi connectivity index (χ1n) is 8.13. The summed E-state index contributed by atoms with van der Waals surface area (Å²) in [6, 6.07) is 12.8. The third-order valence-corrected chi connectivity index (χ3v) is 5.58. The molecule has 1 saturated carbocycles. The molecule has 0 atom stereocenters. The summed E-state index contributed by atoms with van der Waals surface area (Å²) in [6.07, 6.45) is 2.30. The van der Waals surface area contributed by atoms with Crippen LogP contribution in [0, 0.1) is 0 Å². The van der Waals surface area contributed by atoms with Gasteiger partial charge in [0, 0.05) is 22.6 Å². The van der Waals surface area contributed by atoms with E-state index in [0.717, 1.165) is 29.0 Å². The van der Waals surface area contributed by atoms with Crippen LogP contribution >= 0.6 is 11.3 Å². The molecule has 25 heavy (non-hydrogen) atoms. The molecule has 2 aliphatic rings. The van der Waals surface area contributed by atoms with E-state index in [0.29, 0.717) is 27.7 Å². The number of aromatic nitrogens is 2. The Morgan fingerprint density at radius 2 is 1.76 bits per heavy atom. The lowest BCUT2D eigenvalue weighted by Gasteiger charge is -2.04. The van der Waals surface area contributed by atoms with E-state index in [4.69, 9.17) is 0 Å². The van der Waals surface area contributed by atoms with Gasteiger partial charge in [-0.3, -0.25) is 14.9 Å². The van der Waals surface area contributed by atoms with Crippen LogP contribution in [-0.2, 0) is 0 Å². The number of amides is 1. The van der Waals surface area contributed by atoms with Gasteiger partial charge in [-0.05, 0) is 36.1 Å². The van der Waals surface area contributed by atoms with Crippen molar-refractivity contribution in [2.24, 2.45) is 0 Å². The van der Waals surface area contributed by atoms with Crippen LogP contribution in [0.15, 0.2) is 42.5 Å². The van der Waals surface area contributed by atoms with Crippen molar-refractivity contribution in [2.75, 3.05) is 5.32 Å². The van der Waals surface area contributed by atoms with Crippen molar-refractivity contribution < 1.29 is 9.59 Å². The van der Waals surface area contributed by atoms with E-state index in [2.05, 4.69) is 15.5 Å². The molecular weight excluding hydrogens is 334 g/mol. The summed E-state index contributed by atoms with van der Waals surface area (Å²) >= 11 is 1.42. The van der Waals surface area contributed by atoms with Crippen molar-refractivity contribution >= 4 is 28.2 Å². The predicted molar refractivity (Wildman–Crippen MR) is 95.1 cm³/mol. The number of carbonyl (C=O) groups excluding carboxylic acids is 2. The number of fused-ring (bicyclic) bond motifs is 3. The minimum absolute atomic E-state index is 0.0350. The van der Waals surface area contributed by atoms with Crippen LogP contribution in [0.25, 0.3) is 11.1 Å². The maximum absolute atomic E-state index is 12.6. The molecule has 5 rings (SSSR count). The van der Waals surface area contributed by atoms with Crippen LogP contribution in [0.5, 0.6) is 0 Å². The second-order valence-electron chi connectivity index (χ2n) is 6.31. The van der Waals surface area contributed by atoms with Gasteiger partial charge in [-0.2, -0.15) is 0 Å². The number of hydrogen-bond acceptors (Lipinski definition) is 5. The van der Waals surface area contributed by atoms with Gasteiger partial charge < -0.3 is 0 Å². The third kappa shape index (κ3) is 2.37. The van der Waals surface area contributed by atoms with Gasteiger partial charge in [-0.15, -0.1) is 10.2 Å². The second-order valence-corrected chi connectivity index (χ2v) is 7.32. The van der Waals surface area contributed by atoms with Gasteiger partial charge >= 0.3 is 0 Å². The largest absolute Gasteiger partial charge is 0.296 e. The molecule has 0 bridgehead atoms. The first-order valence-corrected chi connectivity index (χ1v) is 8.95. The average molecular weight is 347 g/mol. The lowest BCUT2D eigenvalue weighted by Crippen LogP contribution is -2.12. The summed E-state index contributed by atoms with van der Waals surface area (Å²) < 4.78 is 0. The molecule has 2 aromatic carbocycles. The lowest BCUT2D eigenvalue weighted by molar-refractivity contribution is 0.102. The fourth-order valence-electron chi connectivity index (χ4n) is 3.12. The highest BCUT2D eigenvalue weighted by atomic mass is 32.1. The lowest BCUT2D eigenvalue weighted by atomic mass is 10.0. The molecule has 6 heteroatoms. The molecule has 1 amide bonds. The van der Waals surface area contributed by atoms with Gasteiger partial charge in [0.2, 0.25) is 5.13 Å². The fourth-order valence-corrected chi connectivity index (χ4v) is 4.03. The number of carbonyl (C=O) groups is 2. The summed E-state index contributed by atoms with van der Waals surface area (Å²) in [4.78, 5) is 25.1. The predicted octanol–water partition coefficient (Wildman–Crippen LogP) is 3.88. The van der Waals surface area contributed by atoms with E-state index in [1.807, 2.05) is 30.3 Å². The van der Waals surface area contributed by atoms with E-state index >= 15 is 0 Å². The Bertz CT molecular complexity index is 1040. The molecule has 1 N–H and O–H groups in total. The molecule has 1 heterocycles. The molecule has 0 aliphatic heterocycles. The van der Waals surface area contributed by atoms with Crippen molar-refractivity contribution in [2.45, 2.75) is 18.8 Å². The zero-order valence-corrected chi connectivity index (χ0v) is 14.0. The molecule has 1 fully saturated rings.